The molecule has 1 aromatic heterocycles. The van der Waals surface area contributed by atoms with Crippen LogP contribution in [0.3, 0.4) is 0 Å². The van der Waals surface area contributed by atoms with Crippen molar-refractivity contribution in [1.29, 1.82) is 0 Å². The Morgan fingerprint density at radius 3 is 2.83 bits per heavy atom. The van der Waals surface area contributed by atoms with Crippen LogP contribution < -0.4 is 21.3 Å². The van der Waals surface area contributed by atoms with E-state index in [0.29, 0.717) is 50.5 Å². The largest absolute Gasteiger partial charge is 0.501 e. The number of rotatable bonds is 7. The van der Waals surface area contributed by atoms with E-state index >= 15 is 0 Å². The van der Waals surface area contributed by atoms with Crippen LogP contribution in [0.15, 0.2) is 28.0 Å². The number of hydrazine groups is 1. The fourth-order valence-electron chi connectivity index (χ4n) is 4.38. The third kappa shape index (κ3) is 4.93. The van der Waals surface area contributed by atoms with E-state index in [1.54, 1.807) is 0 Å². The van der Waals surface area contributed by atoms with Gasteiger partial charge in [0.1, 0.15) is 18.0 Å². The molecule has 2 amide bonds. The number of carbonyl (C=O) groups is 2. The van der Waals surface area contributed by atoms with Crippen molar-refractivity contribution in [3.8, 4) is 5.75 Å². The van der Waals surface area contributed by atoms with Crippen molar-refractivity contribution in [2.24, 2.45) is 4.99 Å². The van der Waals surface area contributed by atoms with Crippen molar-refractivity contribution < 1.29 is 28.6 Å². The Hall–Kier alpha value is -3.84. The Kier molecular flexibility index (Phi) is 7.60. The number of aromatic nitrogens is 2. The van der Waals surface area contributed by atoms with Gasteiger partial charge in [0.2, 0.25) is 12.2 Å². The summed E-state index contributed by atoms with van der Waals surface area (Å²) < 4.78 is 26.5. The highest BCUT2D eigenvalue weighted by molar-refractivity contribution is 5.94. The zero-order valence-corrected chi connectivity index (χ0v) is 19.7. The van der Waals surface area contributed by atoms with Crippen LogP contribution in [0.25, 0.3) is 0 Å². The van der Waals surface area contributed by atoms with E-state index in [9.17, 15) is 23.9 Å². The average Bonchev–Trinajstić information content (AvgIpc) is 3.05. The quantitative estimate of drug-likeness (QED) is 0.211. The summed E-state index contributed by atoms with van der Waals surface area (Å²) in [6, 6.07) is 3.70. The minimum Gasteiger partial charge on any atom is -0.501 e. The maximum atomic E-state index is 13.9. The van der Waals surface area contributed by atoms with Gasteiger partial charge in [0.15, 0.2) is 5.69 Å². The van der Waals surface area contributed by atoms with Gasteiger partial charge in [0.05, 0.1) is 30.9 Å². The predicted molar refractivity (Wildman–Crippen MR) is 126 cm³/mol. The average molecular weight is 503 g/mol. The number of hydrogen-bond donors (Lipinski definition) is 3. The minimum atomic E-state index is -0.795. The molecule has 0 radical (unpaired) electrons. The number of aromatic hydroxyl groups is 1. The molecule has 13 heteroatoms. The number of aliphatic imine (C=N–C) groups is 1. The lowest BCUT2D eigenvalue weighted by Gasteiger charge is -2.35. The maximum absolute atomic E-state index is 13.9. The Balaban J connectivity index is 1.64. The molecule has 0 unspecified atom stereocenters. The summed E-state index contributed by atoms with van der Waals surface area (Å²) in [6.45, 7) is 1.57. The zero-order chi connectivity index (χ0) is 25.7. The van der Waals surface area contributed by atoms with Crippen LogP contribution >= 0.6 is 0 Å². The molecule has 3 heterocycles. The summed E-state index contributed by atoms with van der Waals surface area (Å²) in [5, 5.41) is 14.2. The van der Waals surface area contributed by atoms with Crippen LogP contribution in [-0.2, 0) is 32.8 Å². The molecule has 4 rings (SSSR count). The van der Waals surface area contributed by atoms with E-state index in [1.165, 1.54) is 30.1 Å². The summed E-state index contributed by atoms with van der Waals surface area (Å²) in [7, 11) is 1.49. The smallest absolute Gasteiger partial charge is 0.296 e. The van der Waals surface area contributed by atoms with Gasteiger partial charge >= 0.3 is 0 Å². The number of nitrogens with one attached hydrogen (secondary N) is 2. The zero-order valence-electron chi connectivity index (χ0n) is 19.7. The van der Waals surface area contributed by atoms with Crippen molar-refractivity contribution in [3.63, 3.8) is 0 Å². The molecule has 0 saturated carbocycles. The SMILES string of the molecule is CN=CNN(C=O)c1cc(F)ccc1CNC(=O)c1nc2n(c(=O)c1O)CCOCC21CCOCC1. The molecule has 3 N–H and O–H groups in total. The molecule has 1 saturated heterocycles. The second-order valence-electron chi connectivity index (χ2n) is 8.48. The molecular weight excluding hydrogens is 475 g/mol. The molecule has 0 bridgehead atoms. The number of benzene rings is 1. The molecule has 2 aliphatic heterocycles. The van der Waals surface area contributed by atoms with Crippen molar-refractivity contribution in [1.82, 2.24) is 20.3 Å². The van der Waals surface area contributed by atoms with Gasteiger partial charge in [0, 0.05) is 26.8 Å². The van der Waals surface area contributed by atoms with Crippen LogP contribution in [-0.4, -0.2) is 66.8 Å². The first-order valence-electron chi connectivity index (χ1n) is 11.4. The van der Waals surface area contributed by atoms with Crippen molar-refractivity contribution in [2.75, 3.05) is 38.5 Å². The first-order chi connectivity index (χ1) is 17.4. The van der Waals surface area contributed by atoms with Gasteiger partial charge in [-0.2, -0.15) is 0 Å². The highest BCUT2D eigenvalue weighted by Gasteiger charge is 2.41. The standard InChI is InChI=1S/C23H27FN6O6/c1-25-13-27-30(14-31)17-10-16(24)3-2-15(17)11-26-20(33)18-19(32)21(34)29-6-9-36-12-23(22(29)28-18)4-7-35-8-5-23/h2-3,10,13-14,32H,4-9,11-12H2,1H3,(H,25,27)(H,26,33). The molecule has 36 heavy (non-hydrogen) atoms. The van der Waals surface area contributed by atoms with Crippen LogP contribution in [0.2, 0.25) is 0 Å². The fourth-order valence-corrected chi connectivity index (χ4v) is 4.38. The number of anilines is 1. The van der Waals surface area contributed by atoms with Gasteiger partial charge in [-0.15, -0.1) is 0 Å². The Labute approximate surface area is 205 Å². The van der Waals surface area contributed by atoms with E-state index in [1.807, 2.05) is 0 Å². The molecule has 192 valence electrons. The molecule has 1 aromatic carbocycles. The number of hydrogen-bond acceptors (Lipinski definition) is 8. The van der Waals surface area contributed by atoms with E-state index < -0.39 is 34.1 Å². The van der Waals surface area contributed by atoms with E-state index in [-0.39, 0.29) is 25.4 Å². The monoisotopic (exact) mass is 502 g/mol. The van der Waals surface area contributed by atoms with Crippen LogP contribution in [0.5, 0.6) is 5.75 Å². The normalized spacial score (nSPS) is 16.8. The van der Waals surface area contributed by atoms with E-state index in [2.05, 4.69) is 20.7 Å². The van der Waals surface area contributed by atoms with Crippen molar-refractivity contribution >= 4 is 24.3 Å². The summed E-state index contributed by atoms with van der Waals surface area (Å²) >= 11 is 0. The molecule has 12 nitrogen and oxygen atoms in total. The number of nitrogens with zero attached hydrogens (tertiary/aromatic N) is 4. The first-order valence-corrected chi connectivity index (χ1v) is 11.4. The lowest BCUT2D eigenvalue weighted by molar-refractivity contribution is -0.107. The molecule has 1 spiro atoms. The molecule has 1 fully saturated rings. The molecule has 2 aromatic rings. The molecular formula is C23H27FN6O6. The first kappa shape index (κ1) is 25.3. The summed E-state index contributed by atoms with van der Waals surface area (Å²) in [4.78, 5) is 45.8. The van der Waals surface area contributed by atoms with Gasteiger partial charge < -0.3 is 19.9 Å². The van der Waals surface area contributed by atoms with Crippen LogP contribution in [0.1, 0.15) is 34.7 Å². The number of amides is 2. The van der Waals surface area contributed by atoms with Gasteiger partial charge in [-0.1, -0.05) is 6.07 Å². The highest BCUT2D eigenvalue weighted by atomic mass is 19.1. The van der Waals surface area contributed by atoms with Gasteiger partial charge in [0.25, 0.3) is 11.5 Å². The maximum Gasteiger partial charge on any atom is 0.296 e. The van der Waals surface area contributed by atoms with Gasteiger partial charge in [-0.3, -0.25) is 29.4 Å². The van der Waals surface area contributed by atoms with Gasteiger partial charge in [-0.05, 0) is 30.5 Å². The third-order valence-electron chi connectivity index (χ3n) is 6.30. The number of fused-ring (bicyclic) bond motifs is 2. The Morgan fingerprint density at radius 1 is 1.33 bits per heavy atom. The second-order valence-corrected chi connectivity index (χ2v) is 8.48. The van der Waals surface area contributed by atoms with E-state index in [4.69, 9.17) is 9.47 Å². The fraction of sp³-hybridized carbons (Fsp3) is 0.435. The Bertz CT molecular complexity index is 1230. The second kappa shape index (κ2) is 10.8. The van der Waals surface area contributed by atoms with Crippen LogP contribution in [0, 0.1) is 5.82 Å². The summed E-state index contributed by atoms with van der Waals surface area (Å²) in [5.74, 6) is -1.77. The number of ether oxygens (including phenoxy) is 2. The van der Waals surface area contributed by atoms with Gasteiger partial charge in [-0.25, -0.2) is 14.4 Å². The van der Waals surface area contributed by atoms with Crippen LogP contribution in [0.4, 0.5) is 10.1 Å². The lowest BCUT2D eigenvalue weighted by Crippen LogP contribution is -2.43. The predicted octanol–water partition coefficient (Wildman–Crippen LogP) is 0.222. The van der Waals surface area contributed by atoms with Crippen molar-refractivity contribution in [3.05, 3.63) is 51.5 Å². The molecule has 0 aliphatic carbocycles. The highest BCUT2D eigenvalue weighted by Crippen LogP contribution is 2.35. The molecule has 0 atom stereocenters. The topological polar surface area (TPSA) is 147 Å². The summed E-state index contributed by atoms with van der Waals surface area (Å²) in [5.41, 5.74) is 1.37. The third-order valence-corrected chi connectivity index (χ3v) is 6.30. The van der Waals surface area contributed by atoms with E-state index in [0.717, 1.165) is 11.1 Å². The minimum absolute atomic E-state index is 0.141. The lowest BCUT2D eigenvalue weighted by atomic mass is 9.80. The molecule has 2 aliphatic rings. The number of carbonyl (C=O) groups excluding carboxylic acids is 2. The Morgan fingerprint density at radius 2 is 2.11 bits per heavy atom. The summed E-state index contributed by atoms with van der Waals surface area (Å²) in [6.07, 6.45) is 2.78. The van der Waals surface area contributed by atoms with Crippen molar-refractivity contribution in [2.45, 2.75) is 31.3 Å². The number of halogens is 1.